The topological polar surface area (TPSA) is 38.0 Å². The Morgan fingerprint density at radius 3 is 2.67 bits per heavy atom. The molecule has 0 aliphatic heterocycles. The van der Waals surface area contributed by atoms with Crippen LogP contribution in [0.3, 0.4) is 0 Å². The number of nitrogens with one attached hydrogen (secondary N) is 1. The minimum absolute atomic E-state index is 0.116. The van der Waals surface area contributed by atoms with Crippen molar-refractivity contribution >= 4 is 21.6 Å². The second kappa shape index (κ2) is 6.16. The molecule has 1 aliphatic carbocycles. The summed E-state index contributed by atoms with van der Waals surface area (Å²) in [6.07, 6.45) is -0.497. The van der Waals surface area contributed by atoms with Crippen LogP contribution in [0.4, 0.5) is 18.9 Å². The minimum Gasteiger partial charge on any atom is -0.378 e. The first-order chi connectivity index (χ1) is 9.78. The van der Waals surface area contributed by atoms with Gasteiger partial charge in [-0.3, -0.25) is 0 Å². The zero-order valence-corrected chi connectivity index (χ0v) is 13.5. The highest BCUT2D eigenvalue weighted by Gasteiger charge is 2.40. The SMILES string of the molecule is CC1CCCCC1(CN)Nc1ccc(Br)cc1C(F)(F)F. The Morgan fingerprint density at radius 1 is 1.38 bits per heavy atom. The van der Waals surface area contributed by atoms with Crippen LogP contribution in [0.1, 0.15) is 38.2 Å². The molecule has 1 aromatic rings. The summed E-state index contributed by atoms with van der Waals surface area (Å²) in [5.41, 5.74) is 4.93. The second-order valence-corrected chi connectivity index (χ2v) is 6.74. The van der Waals surface area contributed by atoms with Crippen LogP contribution in [-0.4, -0.2) is 12.1 Å². The summed E-state index contributed by atoms with van der Waals surface area (Å²) in [6.45, 7) is 2.40. The highest BCUT2D eigenvalue weighted by atomic mass is 79.9. The molecule has 1 saturated carbocycles. The number of hydrogen-bond acceptors (Lipinski definition) is 2. The maximum Gasteiger partial charge on any atom is 0.418 e. The molecule has 2 nitrogen and oxygen atoms in total. The molecule has 1 aliphatic rings. The van der Waals surface area contributed by atoms with E-state index in [1.54, 1.807) is 6.07 Å². The molecule has 3 N–H and O–H groups in total. The normalized spacial score (nSPS) is 26.7. The number of halogens is 4. The number of alkyl halides is 3. The first-order valence-electron chi connectivity index (χ1n) is 7.13. The Kier molecular flexibility index (Phi) is 4.88. The summed E-state index contributed by atoms with van der Waals surface area (Å²) < 4.78 is 40.1. The van der Waals surface area contributed by atoms with Crippen molar-refractivity contribution in [2.75, 3.05) is 11.9 Å². The molecular weight excluding hydrogens is 345 g/mol. The zero-order valence-electron chi connectivity index (χ0n) is 11.9. The number of hydrogen-bond donors (Lipinski definition) is 2. The molecule has 2 atom stereocenters. The van der Waals surface area contributed by atoms with Gasteiger partial charge in [0.1, 0.15) is 0 Å². The van der Waals surface area contributed by atoms with E-state index in [4.69, 9.17) is 5.73 Å². The van der Waals surface area contributed by atoms with Gasteiger partial charge in [-0.15, -0.1) is 0 Å². The highest BCUT2D eigenvalue weighted by Crippen LogP contribution is 2.41. The van der Waals surface area contributed by atoms with Crippen molar-refractivity contribution in [3.63, 3.8) is 0 Å². The van der Waals surface area contributed by atoms with E-state index >= 15 is 0 Å². The van der Waals surface area contributed by atoms with Crippen LogP contribution < -0.4 is 11.1 Å². The lowest BCUT2D eigenvalue weighted by molar-refractivity contribution is -0.137. The van der Waals surface area contributed by atoms with Gasteiger partial charge in [0.25, 0.3) is 0 Å². The molecule has 1 fully saturated rings. The van der Waals surface area contributed by atoms with Gasteiger partial charge < -0.3 is 11.1 Å². The molecule has 0 saturated heterocycles. The van der Waals surface area contributed by atoms with Crippen LogP contribution >= 0.6 is 15.9 Å². The first kappa shape index (κ1) is 16.6. The third-order valence-corrected chi connectivity index (χ3v) is 4.98. The van der Waals surface area contributed by atoms with Gasteiger partial charge in [-0.25, -0.2) is 0 Å². The summed E-state index contributed by atoms with van der Waals surface area (Å²) in [7, 11) is 0. The standard InChI is InChI=1S/C15H20BrF3N2/c1-10-4-2-3-7-14(10,9-20)21-13-6-5-11(16)8-12(13)15(17,18)19/h5-6,8,10,21H,2-4,7,9,20H2,1H3. The van der Waals surface area contributed by atoms with Crippen molar-refractivity contribution in [2.24, 2.45) is 11.7 Å². The van der Waals surface area contributed by atoms with Gasteiger partial charge in [-0.2, -0.15) is 13.2 Å². The number of rotatable bonds is 3. The molecule has 1 aromatic carbocycles. The maximum absolute atomic E-state index is 13.2. The monoisotopic (exact) mass is 364 g/mol. The van der Waals surface area contributed by atoms with Crippen LogP contribution in [0.15, 0.2) is 22.7 Å². The Morgan fingerprint density at radius 2 is 2.10 bits per heavy atom. The van der Waals surface area contributed by atoms with Gasteiger partial charge in [0.05, 0.1) is 11.1 Å². The van der Waals surface area contributed by atoms with E-state index in [0.717, 1.165) is 31.7 Å². The van der Waals surface area contributed by atoms with Crippen LogP contribution in [0.5, 0.6) is 0 Å². The zero-order chi connectivity index (χ0) is 15.7. The van der Waals surface area contributed by atoms with Crippen molar-refractivity contribution < 1.29 is 13.2 Å². The fraction of sp³-hybridized carbons (Fsp3) is 0.600. The van der Waals surface area contributed by atoms with Gasteiger partial charge in [0.2, 0.25) is 0 Å². The quantitative estimate of drug-likeness (QED) is 0.809. The van der Waals surface area contributed by atoms with Gasteiger partial charge >= 0.3 is 6.18 Å². The number of nitrogens with two attached hydrogens (primary N) is 1. The molecule has 6 heteroatoms. The maximum atomic E-state index is 13.2. The summed E-state index contributed by atoms with van der Waals surface area (Å²) in [4.78, 5) is 0. The third-order valence-electron chi connectivity index (χ3n) is 4.49. The Balaban J connectivity index is 2.38. The number of anilines is 1. The largest absolute Gasteiger partial charge is 0.418 e. The predicted molar refractivity (Wildman–Crippen MR) is 82.2 cm³/mol. The van der Waals surface area contributed by atoms with E-state index in [2.05, 4.69) is 28.2 Å². The van der Waals surface area contributed by atoms with Crippen molar-refractivity contribution in [2.45, 2.75) is 44.3 Å². The molecule has 0 aromatic heterocycles. The van der Waals surface area contributed by atoms with Crippen LogP contribution in [0.2, 0.25) is 0 Å². The van der Waals surface area contributed by atoms with Crippen LogP contribution in [-0.2, 0) is 6.18 Å². The van der Waals surface area contributed by atoms with E-state index < -0.39 is 17.3 Å². The smallest absolute Gasteiger partial charge is 0.378 e. The summed E-state index contributed by atoms with van der Waals surface area (Å²) in [5, 5.41) is 3.13. The first-order valence-corrected chi connectivity index (χ1v) is 7.93. The van der Waals surface area contributed by atoms with E-state index in [-0.39, 0.29) is 11.6 Å². The Bertz CT molecular complexity index is 504. The average Bonchev–Trinajstić information content (AvgIpc) is 2.42. The van der Waals surface area contributed by atoms with Crippen molar-refractivity contribution in [3.8, 4) is 0 Å². The number of benzene rings is 1. The lowest BCUT2D eigenvalue weighted by Crippen LogP contribution is -2.52. The van der Waals surface area contributed by atoms with Crippen molar-refractivity contribution in [1.82, 2.24) is 0 Å². The lowest BCUT2D eigenvalue weighted by atomic mass is 9.73. The van der Waals surface area contributed by atoms with E-state index in [9.17, 15) is 13.2 Å². The van der Waals surface area contributed by atoms with Gasteiger partial charge in [-0.05, 0) is 37.0 Å². The molecule has 118 valence electrons. The summed E-state index contributed by atoms with van der Waals surface area (Å²) in [6, 6.07) is 4.21. The second-order valence-electron chi connectivity index (χ2n) is 5.82. The van der Waals surface area contributed by atoms with Gasteiger partial charge in [0, 0.05) is 16.7 Å². The third kappa shape index (κ3) is 3.54. The molecule has 2 unspecified atom stereocenters. The molecule has 0 bridgehead atoms. The fourth-order valence-corrected chi connectivity index (χ4v) is 3.44. The molecule has 2 rings (SSSR count). The highest BCUT2D eigenvalue weighted by molar-refractivity contribution is 9.10. The Hall–Kier alpha value is -0.750. The predicted octanol–water partition coefficient (Wildman–Crippen LogP) is 4.79. The summed E-state index contributed by atoms with van der Waals surface area (Å²) in [5.74, 6) is 0.251. The van der Waals surface area contributed by atoms with Crippen molar-refractivity contribution in [3.05, 3.63) is 28.2 Å². The van der Waals surface area contributed by atoms with Crippen molar-refractivity contribution in [1.29, 1.82) is 0 Å². The molecule has 0 heterocycles. The van der Waals surface area contributed by atoms with Gasteiger partial charge in [0.15, 0.2) is 0 Å². The lowest BCUT2D eigenvalue weighted by Gasteiger charge is -2.44. The average molecular weight is 365 g/mol. The van der Waals surface area contributed by atoms with Crippen LogP contribution in [0, 0.1) is 5.92 Å². The van der Waals surface area contributed by atoms with Crippen LogP contribution in [0.25, 0.3) is 0 Å². The van der Waals surface area contributed by atoms with E-state index in [1.807, 2.05) is 0 Å². The molecule has 0 spiro atoms. The molecular formula is C15H20BrF3N2. The fourth-order valence-electron chi connectivity index (χ4n) is 3.08. The van der Waals surface area contributed by atoms with Gasteiger partial charge in [-0.1, -0.05) is 35.7 Å². The summed E-state index contributed by atoms with van der Waals surface area (Å²) >= 11 is 3.10. The molecule has 21 heavy (non-hydrogen) atoms. The van der Waals surface area contributed by atoms with E-state index in [0.29, 0.717) is 11.0 Å². The Labute approximate surface area is 131 Å². The minimum atomic E-state index is -4.39. The van der Waals surface area contributed by atoms with E-state index in [1.165, 1.54) is 6.07 Å². The molecule has 0 radical (unpaired) electrons. The molecule has 0 amide bonds.